The average molecular weight is 511 g/mol. The normalized spacial score (nSPS) is 18.2. The topological polar surface area (TPSA) is 203 Å². The Morgan fingerprint density at radius 3 is 2.12 bits per heavy atom. The Balaban J connectivity index is 0.000000327. The lowest BCUT2D eigenvalue weighted by Crippen LogP contribution is -2.30. The van der Waals surface area contributed by atoms with E-state index in [-0.39, 0.29) is 34.9 Å². The van der Waals surface area contributed by atoms with Crippen molar-refractivity contribution >= 4 is 37.1 Å². The van der Waals surface area contributed by atoms with Gasteiger partial charge in [0.1, 0.15) is 18.0 Å². The van der Waals surface area contributed by atoms with Gasteiger partial charge in [0.05, 0.1) is 35.0 Å². The molecule has 0 amide bonds. The van der Waals surface area contributed by atoms with Crippen LogP contribution in [-0.2, 0) is 25.8 Å². The van der Waals surface area contributed by atoms with Crippen LogP contribution in [0, 0.1) is 5.82 Å². The molecule has 2 aliphatic rings. The summed E-state index contributed by atoms with van der Waals surface area (Å²) in [7, 11) is -7.33. The second-order valence-electron chi connectivity index (χ2n) is 7.83. The number of carbonyl (C=O) groups is 1. The van der Waals surface area contributed by atoms with Crippen molar-refractivity contribution in [2.45, 2.75) is 31.3 Å². The van der Waals surface area contributed by atoms with Gasteiger partial charge >= 0.3 is 5.97 Å². The first-order valence-electron chi connectivity index (χ1n) is 9.25. The SMILES string of the molecule is CS(=O)(=O)O.CS(=O)(=O)O.C[C@H]1COc2c(C3(N)CC3)c(F)cc3c(=O)c(C(=O)O)cn1c23. The summed E-state index contributed by atoms with van der Waals surface area (Å²) in [5.74, 6) is -1.68. The molecule has 33 heavy (non-hydrogen) atoms. The van der Waals surface area contributed by atoms with E-state index >= 15 is 0 Å². The minimum absolute atomic E-state index is 0.0111. The van der Waals surface area contributed by atoms with Crippen molar-refractivity contribution in [1.82, 2.24) is 4.57 Å². The molecule has 1 aliphatic carbocycles. The number of hydrogen-bond donors (Lipinski definition) is 4. The highest BCUT2D eigenvalue weighted by Crippen LogP contribution is 2.50. The van der Waals surface area contributed by atoms with E-state index in [0.717, 1.165) is 6.07 Å². The smallest absolute Gasteiger partial charge is 0.341 e. The number of rotatable bonds is 2. The maximum atomic E-state index is 14.6. The minimum atomic E-state index is -3.67. The third kappa shape index (κ3) is 6.70. The van der Waals surface area contributed by atoms with Crippen LogP contribution in [0.1, 0.15) is 41.7 Å². The predicted octanol–water partition coefficient (Wildman–Crippen LogP) is 0.748. The van der Waals surface area contributed by atoms with E-state index in [0.29, 0.717) is 30.9 Å². The van der Waals surface area contributed by atoms with Gasteiger partial charge in [0.2, 0.25) is 5.43 Å². The highest BCUT2D eigenvalue weighted by Gasteiger charge is 2.46. The van der Waals surface area contributed by atoms with Crippen molar-refractivity contribution in [2.75, 3.05) is 19.1 Å². The maximum absolute atomic E-state index is 14.6. The van der Waals surface area contributed by atoms with Gasteiger partial charge in [-0.1, -0.05) is 0 Å². The monoisotopic (exact) mass is 510 g/mol. The number of halogens is 1. The van der Waals surface area contributed by atoms with Gasteiger partial charge < -0.3 is 20.1 Å². The lowest BCUT2D eigenvalue weighted by Gasteiger charge is -2.29. The predicted molar refractivity (Wildman–Crippen MR) is 115 cm³/mol. The van der Waals surface area contributed by atoms with Crippen molar-refractivity contribution in [1.29, 1.82) is 0 Å². The highest BCUT2D eigenvalue weighted by molar-refractivity contribution is 7.85. The molecule has 0 bridgehead atoms. The fourth-order valence-electron chi connectivity index (χ4n) is 3.23. The summed E-state index contributed by atoms with van der Waals surface area (Å²) in [5, 5.41) is 9.23. The Kier molecular flexibility index (Phi) is 7.26. The van der Waals surface area contributed by atoms with E-state index in [2.05, 4.69) is 0 Å². The van der Waals surface area contributed by atoms with Crippen LogP contribution in [0.2, 0.25) is 0 Å². The molecule has 2 heterocycles. The number of carboxylic acid groups (broad SMARTS) is 1. The van der Waals surface area contributed by atoms with E-state index < -0.39 is 43.0 Å². The average Bonchev–Trinajstić information content (AvgIpc) is 3.34. The Morgan fingerprint density at radius 2 is 1.70 bits per heavy atom. The zero-order chi connectivity index (χ0) is 25.5. The quantitative estimate of drug-likeness (QED) is 0.415. The molecule has 1 atom stereocenters. The van der Waals surface area contributed by atoms with Gasteiger partial charge in [-0.3, -0.25) is 13.9 Å². The lowest BCUT2D eigenvalue weighted by atomic mass is 9.98. The third-order valence-corrected chi connectivity index (χ3v) is 4.68. The molecule has 0 saturated heterocycles. The number of benzene rings is 1. The van der Waals surface area contributed by atoms with Crippen LogP contribution in [0.5, 0.6) is 5.75 Å². The molecule has 1 aliphatic heterocycles. The number of carboxylic acids is 1. The molecule has 15 heteroatoms. The van der Waals surface area contributed by atoms with E-state index in [1.807, 2.05) is 6.92 Å². The molecule has 0 radical (unpaired) electrons. The Labute approximate surface area is 188 Å². The summed E-state index contributed by atoms with van der Waals surface area (Å²) < 4.78 is 73.7. The van der Waals surface area contributed by atoms with Gasteiger partial charge in [-0.2, -0.15) is 16.8 Å². The van der Waals surface area contributed by atoms with Gasteiger partial charge in [0.25, 0.3) is 20.2 Å². The number of aromatic carboxylic acids is 1. The van der Waals surface area contributed by atoms with Gasteiger partial charge in [-0.25, -0.2) is 9.18 Å². The first-order chi connectivity index (χ1) is 14.8. The van der Waals surface area contributed by atoms with E-state index in [1.165, 1.54) is 6.20 Å². The van der Waals surface area contributed by atoms with Gasteiger partial charge in [0, 0.05) is 11.7 Å². The van der Waals surface area contributed by atoms with Crippen molar-refractivity contribution in [3.63, 3.8) is 0 Å². The zero-order valence-electron chi connectivity index (χ0n) is 17.8. The lowest BCUT2D eigenvalue weighted by molar-refractivity contribution is 0.0694. The van der Waals surface area contributed by atoms with E-state index in [9.17, 15) is 35.9 Å². The van der Waals surface area contributed by atoms with Crippen LogP contribution in [0.25, 0.3) is 10.9 Å². The van der Waals surface area contributed by atoms with E-state index in [1.54, 1.807) is 4.57 Å². The first kappa shape index (κ1) is 26.7. The molecular weight excluding hydrogens is 487 g/mol. The number of ether oxygens (including phenoxy) is 1. The van der Waals surface area contributed by atoms with Crippen LogP contribution < -0.4 is 15.9 Å². The second-order valence-corrected chi connectivity index (χ2v) is 10.8. The largest absolute Gasteiger partial charge is 0.489 e. The highest BCUT2D eigenvalue weighted by atomic mass is 32.2. The third-order valence-electron chi connectivity index (χ3n) is 4.68. The molecule has 1 aromatic carbocycles. The van der Waals surface area contributed by atoms with Crippen LogP contribution >= 0.6 is 0 Å². The molecule has 1 fully saturated rings. The summed E-state index contributed by atoms with van der Waals surface area (Å²) in [6.07, 6.45) is 4.04. The summed E-state index contributed by atoms with van der Waals surface area (Å²) in [6, 6.07) is 0.920. The number of pyridine rings is 1. The molecule has 4 rings (SSSR count). The molecule has 2 aromatic rings. The maximum Gasteiger partial charge on any atom is 0.341 e. The molecule has 5 N–H and O–H groups in total. The fraction of sp³-hybridized carbons (Fsp3) is 0.444. The molecule has 184 valence electrons. The standard InChI is InChI=1S/C16H15FN2O4.2CH4O3S/c1-7-6-23-14-11(16(18)2-3-16)10(17)4-8-12(14)19(7)5-9(13(8)20)15(21)22;2*1-5(2,3)4/h4-5,7H,2-3,6,18H2,1H3,(H,21,22);2*1H3,(H,2,3,4)/t7-;;/m0../s1. The fourth-order valence-corrected chi connectivity index (χ4v) is 3.23. The Bertz CT molecular complexity index is 1330. The Morgan fingerprint density at radius 1 is 1.21 bits per heavy atom. The number of aromatic nitrogens is 1. The van der Waals surface area contributed by atoms with E-state index in [4.69, 9.17) is 19.6 Å². The zero-order valence-corrected chi connectivity index (χ0v) is 19.4. The van der Waals surface area contributed by atoms with Crippen LogP contribution in [0.15, 0.2) is 17.1 Å². The van der Waals surface area contributed by atoms with Gasteiger partial charge in [0.15, 0.2) is 5.75 Å². The summed E-state index contributed by atoms with van der Waals surface area (Å²) in [4.78, 5) is 23.7. The van der Waals surface area contributed by atoms with Crippen molar-refractivity contribution in [3.8, 4) is 5.75 Å². The summed E-state index contributed by atoms with van der Waals surface area (Å²) in [6.45, 7) is 2.10. The molecule has 0 spiro atoms. The first-order valence-corrected chi connectivity index (χ1v) is 12.9. The molecule has 12 nitrogen and oxygen atoms in total. The number of nitrogens with two attached hydrogens (primary N) is 1. The molecular formula is C18H23FN2O10S2. The van der Waals surface area contributed by atoms with Crippen molar-refractivity contribution in [3.05, 3.63) is 39.4 Å². The van der Waals surface area contributed by atoms with Crippen molar-refractivity contribution in [2.24, 2.45) is 5.73 Å². The summed E-state index contributed by atoms with van der Waals surface area (Å²) >= 11 is 0. The summed E-state index contributed by atoms with van der Waals surface area (Å²) in [5.41, 5.74) is 5.02. The van der Waals surface area contributed by atoms with Crippen LogP contribution in [-0.4, -0.2) is 60.7 Å². The van der Waals surface area contributed by atoms with Crippen LogP contribution in [0.3, 0.4) is 0 Å². The molecule has 1 saturated carbocycles. The second kappa shape index (κ2) is 8.98. The van der Waals surface area contributed by atoms with Crippen molar-refractivity contribution < 1.29 is 45.0 Å². The van der Waals surface area contributed by atoms with Gasteiger partial charge in [-0.15, -0.1) is 0 Å². The molecule has 1 aromatic heterocycles. The molecule has 0 unspecified atom stereocenters. The van der Waals surface area contributed by atoms with Gasteiger partial charge in [-0.05, 0) is 25.8 Å². The number of nitrogens with zero attached hydrogens (tertiary/aromatic N) is 1. The Hall–Kier alpha value is -2.59. The van der Waals surface area contributed by atoms with Crippen LogP contribution in [0.4, 0.5) is 4.39 Å². The minimum Gasteiger partial charge on any atom is -0.489 e. The number of hydrogen-bond acceptors (Lipinski definition) is 8.